The maximum atomic E-state index is 11.9. The summed E-state index contributed by atoms with van der Waals surface area (Å²) in [7, 11) is -0.912. The molecule has 0 aliphatic carbocycles. The van der Waals surface area contributed by atoms with Crippen molar-refractivity contribution < 1.29 is 4.21 Å². The van der Waals surface area contributed by atoms with Crippen LogP contribution in [0, 0.1) is 0 Å². The molecule has 2 atom stereocenters. The highest BCUT2D eigenvalue weighted by atomic mass is 79.9. The predicted octanol–water partition coefficient (Wildman–Crippen LogP) is 3.09. The Morgan fingerprint density at radius 1 is 1.56 bits per heavy atom. The second-order valence-corrected chi connectivity index (χ2v) is 6.83. The number of hydrogen-bond donors (Lipinski definition) is 1. The molecule has 0 aliphatic rings. The molecule has 0 radical (unpaired) electrons. The summed E-state index contributed by atoms with van der Waals surface area (Å²) in [6.45, 7) is 2.52. The van der Waals surface area contributed by atoms with E-state index in [0.29, 0.717) is 17.3 Å². The van der Waals surface area contributed by atoms with Gasteiger partial charge >= 0.3 is 0 Å². The van der Waals surface area contributed by atoms with Gasteiger partial charge < -0.3 is 5.73 Å². The Labute approximate surface area is 112 Å². The summed E-state index contributed by atoms with van der Waals surface area (Å²) in [5.41, 5.74) is 6.37. The largest absolute Gasteiger partial charge is 0.330 e. The fourth-order valence-corrected chi connectivity index (χ4v) is 3.36. The van der Waals surface area contributed by atoms with Crippen LogP contribution in [0.5, 0.6) is 0 Å². The van der Waals surface area contributed by atoms with E-state index in [1.807, 2.05) is 25.1 Å². The first-order valence-corrected chi connectivity index (χ1v) is 7.61. The fourth-order valence-electron chi connectivity index (χ4n) is 1.30. The van der Waals surface area contributed by atoms with E-state index in [1.165, 1.54) is 0 Å². The van der Waals surface area contributed by atoms with E-state index < -0.39 is 10.8 Å². The minimum atomic E-state index is -0.912. The molecule has 2 unspecified atom stereocenters. The van der Waals surface area contributed by atoms with Crippen LogP contribution in [0.1, 0.15) is 18.9 Å². The van der Waals surface area contributed by atoms with Crippen molar-refractivity contribution in [3.05, 3.63) is 33.3 Å². The lowest BCUT2D eigenvalue weighted by Crippen LogP contribution is -2.17. The number of rotatable bonds is 5. The smallest absolute Gasteiger partial charge is 0.0503 e. The molecule has 2 nitrogen and oxygen atoms in total. The first-order chi connectivity index (χ1) is 7.54. The van der Waals surface area contributed by atoms with Crippen LogP contribution < -0.4 is 5.73 Å². The molecule has 0 aromatic heterocycles. The first kappa shape index (κ1) is 14.2. The van der Waals surface area contributed by atoms with Gasteiger partial charge in [-0.1, -0.05) is 40.5 Å². The molecular weight excluding hydrogens is 310 g/mol. The van der Waals surface area contributed by atoms with Crippen LogP contribution in [-0.4, -0.2) is 16.0 Å². The van der Waals surface area contributed by atoms with E-state index in [-0.39, 0.29) is 5.25 Å². The second-order valence-electron chi connectivity index (χ2n) is 3.65. The van der Waals surface area contributed by atoms with Crippen molar-refractivity contribution in [3.8, 4) is 0 Å². The monoisotopic (exact) mass is 323 g/mol. The van der Waals surface area contributed by atoms with E-state index >= 15 is 0 Å². The number of hydrogen-bond acceptors (Lipinski definition) is 2. The third kappa shape index (κ3) is 4.17. The van der Waals surface area contributed by atoms with Gasteiger partial charge in [0.1, 0.15) is 0 Å². The molecule has 0 aliphatic heterocycles. The third-order valence-corrected chi connectivity index (χ3v) is 4.91. The van der Waals surface area contributed by atoms with Crippen LogP contribution in [0.15, 0.2) is 22.7 Å². The maximum Gasteiger partial charge on any atom is 0.0503 e. The molecule has 2 N–H and O–H groups in total. The summed E-state index contributed by atoms with van der Waals surface area (Å²) >= 11 is 9.41. The molecule has 0 fully saturated rings. The normalized spacial score (nSPS) is 14.8. The van der Waals surface area contributed by atoms with E-state index in [1.54, 1.807) is 0 Å². The predicted molar refractivity (Wildman–Crippen MR) is 74.1 cm³/mol. The van der Waals surface area contributed by atoms with Gasteiger partial charge in [-0.25, -0.2) is 0 Å². The zero-order valence-corrected chi connectivity index (χ0v) is 12.2. The minimum Gasteiger partial charge on any atom is -0.330 e. The van der Waals surface area contributed by atoms with Crippen molar-refractivity contribution in [2.24, 2.45) is 5.73 Å². The highest BCUT2D eigenvalue weighted by Gasteiger charge is 2.12. The van der Waals surface area contributed by atoms with Gasteiger partial charge in [0, 0.05) is 25.5 Å². The highest BCUT2D eigenvalue weighted by Crippen LogP contribution is 2.23. The minimum absolute atomic E-state index is 0.115. The third-order valence-electron chi connectivity index (χ3n) is 2.33. The summed E-state index contributed by atoms with van der Waals surface area (Å²) in [6.07, 6.45) is 0.779. The first-order valence-electron chi connectivity index (χ1n) is 5.05. The summed E-state index contributed by atoms with van der Waals surface area (Å²) in [5.74, 6) is 0.493. The lowest BCUT2D eigenvalue weighted by atomic mass is 10.2. The fraction of sp³-hybridized carbons (Fsp3) is 0.455. The number of benzene rings is 1. The van der Waals surface area contributed by atoms with Crippen LogP contribution >= 0.6 is 27.5 Å². The topological polar surface area (TPSA) is 43.1 Å². The van der Waals surface area contributed by atoms with Gasteiger partial charge in [0.2, 0.25) is 0 Å². The Bertz CT molecular complexity index is 386. The van der Waals surface area contributed by atoms with Crippen LogP contribution in [0.2, 0.25) is 5.02 Å². The second kappa shape index (κ2) is 6.74. The molecule has 0 heterocycles. The SMILES string of the molecule is CC(CCN)S(=O)Cc1ccc(Br)cc1Cl. The van der Waals surface area contributed by atoms with Gasteiger partial charge in [-0.05, 0) is 30.7 Å². The quantitative estimate of drug-likeness (QED) is 0.904. The molecule has 5 heteroatoms. The van der Waals surface area contributed by atoms with E-state index in [4.69, 9.17) is 17.3 Å². The lowest BCUT2D eigenvalue weighted by molar-refractivity contribution is 0.665. The van der Waals surface area contributed by atoms with Crippen LogP contribution in [0.4, 0.5) is 0 Å². The highest BCUT2D eigenvalue weighted by molar-refractivity contribution is 9.10. The number of halogens is 2. The van der Waals surface area contributed by atoms with Gasteiger partial charge in [-0.3, -0.25) is 4.21 Å². The van der Waals surface area contributed by atoms with Crippen molar-refractivity contribution in [2.75, 3.05) is 6.54 Å². The molecule has 0 spiro atoms. The van der Waals surface area contributed by atoms with Gasteiger partial charge in [-0.2, -0.15) is 0 Å². The van der Waals surface area contributed by atoms with E-state index in [9.17, 15) is 4.21 Å². The molecule has 0 amide bonds. The summed E-state index contributed by atoms with van der Waals surface area (Å²) in [4.78, 5) is 0. The Balaban J connectivity index is 2.69. The molecule has 16 heavy (non-hydrogen) atoms. The van der Waals surface area contributed by atoms with Crippen LogP contribution in [-0.2, 0) is 16.6 Å². The molecular formula is C11H15BrClNOS. The van der Waals surface area contributed by atoms with Gasteiger partial charge in [0.15, 0.2) is 0 Å². The Morgan fingerprint density at radius 2 is 2.25 bits per heavy atom. The van der Waals surface area contributed by atoms with Gasteiger partial charge in [0.25, 0.3) is 0 Å². The Hall–Kier alpha value is 0.1000. The van der Waals surface area contributed by atoms with Crippen molar-refractivity contribution in [3.63, 3.8) is 0 Å². The molecule has 0 saturated heterocycles. The van der Waals surface area contributed by atoms with E-state index in [0.717, 1.165) is 16.5 Å². The van der Waals surface area contributed by atoms with Gasteiger partial charge in [-0.15, -0.1) is 0 Å². The molecule has 90 valence electrons. The standard InChI is InChI=1S/C11H15BrClNOS/c1-8(4-5-14)16(15)7-9-2-3-10(12)6-11(9)13/h2-3,6,8H,4-5,7,14H2,1H3. The zero-order valence-electron chi connectivity index (χ0n) is 9.08. The van der Waals surface area contributed by atoms with Crippen molar-refractivity contribution in [1.29, 1.82) is 0 Å². The average Bonchev–Trinajstić information content (AvgIpc) is 2.22. The molecule has 1 aromatic rings. The van der Waals surface area contributed by atoms with Crippen molar-refractivity contribution in [1.82, 2.24) is 0 Å². The summed E-state index contributed by atoms with van der Waals surface area (Å²) in [6, 6.07) is 5.63. The van der Waals surface area contributed by atoms with Gasteiger partial charge in [0.05, 0.1) is 5.75 Å². The zero-order chi connectivity index (χ0) is 12.1. The molecule has 0 saturated carbocycles. The molecule has 0 bridgehead atoms. The summed E-state index contributed by atoms with van der Waals surface area (Å²) in [5, 5.41) is 0.771. The summed E-state index contributed by atoms with van der Waals surface area (Å²) < 4.78 is 12.9. The van der Waals surface area contributed by atoms with Crippen LogP contribution in [0.25, 0.3) is 0 Å². The van der Waals surface area contributed by atoms with E-state index in [2.05, 4.69) is 15.9 Å². The molecule has 1 aromatic carbocycles. The lowest BCUT2D eigenvalue weighted by Gasteiger charge is -2.11. The Morgan fingerprint density at radius 3 is 2.81 bits per heavy atom. The van der Waals surface area contributed by atoms with Crippen LogP contribution in [0.3, 0.4) is 0 Å². The van der Waals surface area contributed by atoms with Crippen molar-refractivity contribution in [2.45, 2.75) is 24.3 Å². The Kier molecular flexibility index (Phi) is 5.97. The molecule has 1 rings (SSSR count). The van der Waals surface area contributed by atoms with Crippen molar-refractivity contribution >= 4 is 38.3 Å². The maximum absolute atomic E-state index is 11.9. The average molecular weight is 325 g/mol. The number of nitrogens with two attached hydrogens (primary N) is 1.